The van der Waals surface area contributed by atoms with Crippen LogP contribution in [-0.2, 0) is 9.59 Å². The number of Topliss-reactive ketones (excluding diaryl/α,β-unsaturated/α-hetero) is 1. The average molecular weight is 481 g/mol. The Labute approximate surface area is 207 Å². The van der Waals surface area contributed by atoms with Gasteiger partial charge in [0, 0.05) is 18.7 Å². The Kier molecular flexibility index (Phi) is 8.57. The fourth-order valence-corrected chi connectivity index (χ4v) is 4.30. The molecule has 0 spiro atoms. The number of hydrogen-bond donors (Lipinski definition) is 2. The van der Waals surface area contributed by atoms with Gasteiger partial charge in [-0.05, 0) is 67.4 Å². The highest BCUT2D eigenvalue weighted by Crippen LogP contribution is 2.40. The maximum Gasteiger partial charge on any atom is 0.295 e. The number of amides is 1. The van der Waals surface area contributed by atoms with Gasteiger partial charge >= 0.3 is 0 Å². The summed E-state index contributed by atoms with van der Waals surface area (Å²) in [6.45, 7) is 13.2. The van der Waals surface area contributed by atoms with Crippen molar-refractivity contribution < 1.29 is 24.5 Å². The van der Waals surface area contributed by atoms with Crippen molar-refractivity contribution in [3.8, 4) is 11.5 Å². The smallest absolute Gasteiger partial charge is 0.295 e. The third-order valence-corrected chi connectivity index (χ3v) is 6.34. The summed E-state index contributed by atoms with van der Waals surface area (Å²) < 4.78 is 5.79. The van der Waals surface area contributed by atoms with Crippen LogP contribution >= 0.6 is 0 Å². The van der Waals surface area contributed by atoms with Crippen LogP contribution in [0.3, 0.4) is 0 Å². The molecule has 2 N–H and O–H groups in total. The van der Waals surface area contributed by atoms with Gasteiger partial charge in [-0.15, -0.1) is 0 Å². The largest absolute Gasteiger partial charge is 0.508 e. The van der Waals surface area contributed by atoms with Gasteiger partial charge in [-0.3, -0.25) is 9.59 Å². The third kappa shape index (κ3) is 5.85. The average Bonchev–Trinajstić information content (AvgIpc) is 3.08. The molecule has 2 aromatic carbocycles. The van der Waals surface area contributed by atoms with Gasteiger partial charge in [-0.1, -0.05) is 39.8 Å². The number of likely N-dealkylation sites (tertiary alicyclic amines) is 1. The van der Waals surface area contributed by atoms with Crippen LogP contribution in [0.1, 0.15) is 50.4 Å². The molecule has 1 aliphatic rings. The summed E-state index contributed by atoms with van der Waals surface area (Å²) in [7, 11) is 0. The number of benzene rings is 2. The number of aliphatic hydroxyl groups is 1. The lowest BCUT2D eigenvalue weighted by molar-refractivity contribution is -0.140. The molecule has 3 rings (SSSR count). The molecular weight excluding hydrogens is 444 g/mol. The van der Waals surface area contributed by atoms with E-state index in [9.17, 15) is 19.8 Å². The van der Waals surface area contributed by atoms with Crippen molar-refractivity contribution in [1.82, 2.24) is 9.80 Å². The zero-order valence-corrected chi connectivity index (χ0v) is 21.2. The number of ether oxygens (including phenoxy) is 1. The minimum absolute atomic E-state index is 0.0548. The molecule has 0 aliphatic carbocycles. The van der Waals surface area contributed by atoms with Gasteiger partial charge in [0.1, 0.15) is 17.3 Å². The maximum atomic E-state index is 13.2. The monoisotopic (exact) mass is 480 g/mol. The topological polar surface area (TPSA) is 90.3 Å². The molecular formula is C28H36N2O5. The SMILES string of the molecule is CCN(CC)CCN1C(=O)C(=O)C(=C(O)c2ccc(OCC(C)C)cc2C)C1c1ccc(O)cc1. The number of likely N-dealkylation sites (N-methyl/N-ethyl adjacent to an activating group) is 1. The van der Waals surface area contributed by atoms with Crippen LogP contribution in [0.25, 0.3) is 5.76 Å². The summed E-state index contributed by atoms with van der Waals surface area (Å²) >= 11 is 0. The Morgan fingerprint density at radius 3 is 2.31 bits per heavy atom. The van der Waals surface area contributed by atoms with E-state index in [-0.39, 0.29) is 17.1 Å². The van der Waals surface area contributed by atoms with E-state index in [1.165, 1.54) is 17.0 Å². The number of phenols is 1. The van der Waals surface area contributed by atoms with Crippen LogP contribution in [0.5, 0.6) is 11.5 Å². The summed E-state index contributed by atoms with van der Waals surface area (Å²) in [5, 5.41) is 21.1. The number of nitrogens with zero attached hydrogens (tertiary/aromatic N) is 2. The number of aromatic hydroxyl groups is 1. The lowest BCUT2D eigenvalue weighted by Crippen LogP contribution is -2.38. The van der Waals surface area contributed by atoms with E-state index in [1.807, 2.05) is 26.8 Å². The van der Waals surface area contributed by atoms with Gasteiger partial charge < -0.3 is 24.7 Å². The number of hydrogen-bond acceptors (Lipinski definition) is 6. The second-order valence-corrected chi connectivity index (χ2v) is 9.29. The van der Waals surface area contributed by atoms with Gasteiger partial charge in [0.15, 0.2) is 0 Å². The highest BCUT2D eigenvalue weighted by molar-refractivity contribution is 6.46. The standard InChI is InChI=1S/C28H36N2O5/c1-6-29(7-2)14-15-30-25(20-8-10-21(31)11-9-20)24(27(33)28(30)34)26(32)23-13-12-22(16-19(23)5)35-17-18(3)4/h8-13,16,18,25,31-32H,6-7,14-15,17H2,1-5H3. The summed E-state index contributed by atoms with van der Waals surface area (Å²) in [5.74, 6) is -0.407. The second-order valence-electron chi connectivity index (χ2n) is 9.29. The van der Waals surface area contributed by atoms with Crippen LogP contribution in [0.15, 0.2) is 48.0 Å². The first-order valence-corrected chi connectivity index (χ1v) is 12.2. The molecule has 2 aromatic rings. The molecule has 1 heterocycles. The van der Waals surface area contributed by atoms with Crippen molar-refractivity contribution in [2.24, 2.45) is 5.92 Å². The van der Waals surface area contributed by atoms with Gasteiger partial charge in [-0.2, -0.15) is 0 Å². The second kappa shape index (κ2) is 11.4. The minimum Gasteiger partial charge on any atom is -0.508 e. The highest BCUT2D eigenvalue weighted by atomic mass is 16.5. The van der Waals surface area contributed by atoms with Crippen molar-refractivity contribution in [3.05, 3.63) is 64.7 Å². The minimum atomic E-state index is -0.748. The molecule has 0 aromatic heterocycles. The van der Waals surface area contributed by atoms with Crippen LogP contribution in [0.2, 0.25) is 0 Å². The Balaban J connectivity index is 2.05. The van der Waals surface area contributed by atoms with Crippen LogP contribution in [0, 0.1) is 12.8 Å². The van der Waals surface area contributed by atoms with Gasteiger partial charge in [0.25, 0.3) is 11.7 Å². The first-order chi connectivity index (χ1) is 16.7. The van der Waals surface area contributed by atoms with Gasteiger partial charge in [-0.25, -0.2) is 0 Å². The fraction of sp³-hybridized carbons (Fsp3) is 0.429. The molecule has 1 aliphatic heterocycles. The number of rotatable bonds is 10. The van der Waals surface area contributed by atoms with E-state index in [0.717, 1.165) is 18.7 Å². The van der Waals surface area contributed by atoms with Crippen molar-refractivity contribution in [3.63, 3.8) is 0 Å². The molecule has 1 amide bonds. The van der Waals surface area contributed by atoms with E-state index in [4.69, 9.17) is 4.74 Å². The molecule has 1 fully saturated rings. The number of aliphatic hydroxyl groups excluding tert-OH is 1. The zero-order chi connectivity index (χ0) is 25.7. The molecule has 188 valence electrons. The Hall–Kier alpha value is -3.32. The molecule has 0 saturated carbocycles. The van der Waals surface area contributed by atoms with Crippen molar-refractivity contribution in [1.29, 1.82) is 0 Å². The van der Waals surface area contributed by atoms with Crippen molar-refractivity contribution in [2.75, 3.05) is 32.8 Å². The maximum absolute atomic E-state index is 13.2. The van der Waals surface area contributed by atoms with E-state index in [1.54, 1.807) is 24.3 Å². The molecule has 1 unspecified atom stereocenters. The van der Waals surface area contributed by atoms with E-state index in [0.29, 0.717) is 42.5 Å². The highest BCUT2D eigenvalue weighted by Gasteiger charge is 2.46. The predicted molar refractivity (Wildman–Crippen MR) is 136 cm³/mol. The van der Waals surface area contributed by atoms with Crippen molar-refractivity contribution in [2.45, 2.75) is 40.7 Å². The Morgan fingerprint density at radius 1 is 1.09 bits per heavy atom. The van der Waals surface area contributed by atoms with Gasteiger partial charge in [0.2, 0.25) is 0 Å². The lowest BCUT2D eigenvalue weighted by Gasteiger charge is -2.28. The Morgan fingerprint density at radius 2 is 1.74 bits per heavy atom. The number of phenolic OH excluding ortho intramolecular Hbond substituents is 1. The number of ketones is 1. The fourth-order valence-electron chi connectivity index (χ4n) is 4.30. The molecule has 35 heavy (non-hydrogen) atoms. The van der Waals surface area contributed by atoms with Gasteiger partial charge in [0.05, 0.1) is 18.2 Å². The number of carbonyl (C=O) groups is 2. The summed E-state index contributed by atoms with van der Waals surface area (Å²) in [5.41, 5.74) is 1.92. The molecule has 7 heteroatoms. The lowest BCUT2D eigenvalue weighted by atomic mass is 9.94. The molecule has 1 saturated heterocycles. The van der Waals surface area contributed by atoms with Crippen LogP contribution in [-0.4, -0.2) is 64.5 Å². The van der Waals surface area contributed by atoms with E-state index in [2.05, 4.69) is 18.7 Å². The number of carbonyl (C=O) groups excluding carboxylic acids is 2. The summed E-state index contributed by atoms with van der Waals surface area (Å²) in [6.07, 6.45) is 0. The Bertz CT molecular complexity index is 1090. The molecule has 7 nitrogen and oxygen atoms in total. The number of aryl methyl sites for hydroxylation is 1. The summed E-state index contributed by atoms with van der Waals surface area (Å²) in [4.78, 5) is 30.0. The van der Waals surface area contributed by atoms with Crippen LogP contribution in [0.4, 0.5) is 0 Å². The molecule has 1 atom stereocenters. The summed E-state index contributed by atoms with van der Waals surface area (Å²) in [6, 6.07) is 11.0. The normalized spacial score (nSPS) is 17.6. The first kappa shape index (κ1) is 26.3. The molecule has 0 bridgehead atoms. The third-order valence-electron chi connectivity index (χ3n) is 6.34. The van der Waals surface area contributed by atoms with Crippen molar-refractivity contribution >= 4 is 17.4 Å². The van der Waals surface area contributed by atoms with E-state index >= 15 is 0 Å². The molecule has 0 radical (unpaired) electrons. The predicted octanol–water partition coefficient (Wildman–Crippen LogP) is 4.50. The quantitative estimate of drug-likeness (QED) is 0.296. The first-order valence-electron chi connectivity index (χ1n) is 12.2. The van der Waals surface area contributed by atoms with Crippen LogP contribution < -0.4 is 4.74 Å². The van der Waals surface area contributed by atoms with E-state index < -0.39 is 17.7 Å². The zero-order valence-electron chi connectivity index (χ0n) is 21.2.